The van der Waals surface area contributed by atoms with E-state index in [0.29, 0.717) is 5.56 Å². The van der Waals surface area contributed by atoms with E-state index >= 15 is 0 Å². The van der Waals surface area contributed by atoms with Crippen LogP contribution in [-0.4, -0.2) is 10.5 Å². The molecule has 3 nitrogen and oxygen atoms in total. The summed E-state index contributed by atoms with van der Waals surface area (Å²) in [7, 11) is 0. The van der Waals surface area contributed by atoms with Crippen molar-refractivity contribution < 1.29 is 4.79 Å². The Morgan fingerprint density at radius 2 is 2.05 bits per heavy atom. The van der Waals surface area contributed by atoms with Gasteiger partial charge in [-0.1, -0.05) is 18.2 Å². The van der Waals surface area contributed by atoms with Gasteiger partial charge >= 0.3 is 0 Å². The van der Waals surface area contributed by atoms with E-state index < -0.39 is 5.91 Å². The maximum atomic E-state index is 11.8. The predicted molar refractivity (Wildman–Crippen MR) is 90.2 cm³/mol. The summed E-state index contributed by atoms with van der Waals surface area (Å²) in [5, 5.41) is 6.05. The van der Waals surface area contributed by atoms with Crippen molar-refractivity contribution in [2.24, 2.45) is 5.73 Å². The minimum Gasteiger partial charge on any atom is -0.366 e. The number of thiophene rings is 1. The number of amides is 1. The van der Waals surface area contributed by atoms with E-state index in [1.165, 1.54) is 5.56 Å². The van der Waals surface area contributed by atoms with Crippen molar-refractivity contribution in [2.75, 3.05) is 0 Å². The first-order valence-corrected chi connectivity index (χ1v) is 7.92. The normalized spacial score (nSPS) is 11.3. The molecule has 2 heterocycles. The molecule has 0 fully saturated rings. The summed E-state index contributed by atoms with van der Waals surface area (Å²) in [6.07, 6.45) is 0. The molecule has 0 aliphatic rings. The fraction of sp³-hybridized carbons (Fsp3) is 0.0556. The standard InChI is InChI=1S/C18H13N2OS/c19-18(21)14-5-3-7-16-17(14)13-4-1-2-6-15(13)20(16)10-12-8-9-22-11-12/h1-3,5-9,11H,10H2,(H2,19,21). The van der Waals surface area contributed by atoms with E-state index in [0.717, 1.165) is 28.4 Å². The first-order chi connectivity index (χ1) is 10.8. The molecule has 1 amide bonds. The molecule has 0 bridgehead atoms. The zero-order valence-electron chi connectivity index (χ0n) is 11.7. The van der Waals surface area contributed by atoms with Crippen LogP contribution in [0.25, 0.3) is 21.8 Å². The van der Waals surface area contributed by atoms with Gasteiger partial charge < -0.3 is 10.3 Å². The third-order valence-electron chi connectivity index (χ3n) is 3.89. The molecule has 0 aliphatic heterocycles. The molecule has 4 rings (SSSR count). The Hall–Kier alpha value is -2.59. The third-order valence-corrected chi connectivity index (χ3v) is 4.63. The monoisotopic (exact) mass is 305 g/mol. The van der Waals surface area contributed by atoms with Gasteiger partial charge in [-0.3, -0.25) is 4.79 Å². The number of nitrogens with two attached hydrogens (primary N) is 1. The van der Waals surface area contributed by atoms with Gasteiger partial charge in [0.15, 0.2) is 0 Å². The maximum absolute atomic E-state index is 11.8. The molecule has 0 atom stereocenters. The minimum absolute atomic E-state index is 0.405. The van der Waals surface area contributed by atoms with Crippen molar-refractivity contribution in [1.29, 1.82) is 0 Å². The number of hydrogen-bond donors (Lipinski definition) is 1. The van der Waals surface area contributed by atoms with Crippen LogP contribution in [0.2, 0.25) is 0 Å². The van der Waals surface area contributed by atoms with Crippen LogP contribution >= 0.6 is 11.3 Å². The van der Waals surface area contributed by atoms with Gasteiger partial charge in [-0.05, 0) is 46.7 Å². The van der Waals surface area contributed by atoms with E-state index in [-0.39, 0.29) is 0 Å². The number of hydrogen-bond acceptors (Lipinski definition) is 2. The molecule has 2 aromatic carbocycles. The van der Waals surface area contributed by atoms with Crippen LogP contribution in [0.15, 0.2) is 53.2 Å². The van der Waals surface area contributed by atoms with Gasteiger partial charge in [0, 0.05) is 22.9 Å². The molecular formula is C18H13N2OS. The minimum atomic E-state index is -0.405. The van der Waals surface area contributed by atoms with Crippen LogP contribution < -0.4 is 5.73 Å². The van der Waals surface area contributed by atoms with Crippen LogP contribution in [-0.2, 0) is 6.54 Å². The molecule has 2 N–H and O–H groups in total. The molecule has 0 saturated carbocycles. The average Bonchev–Trinajstić information content (AvgIpc) is 3.15. The number of carbonyl (C=O) groups excluding carboxylic acids is 1. The number of fused-ring (bicyclic) bond motifs is 3. The van der Waals surface area contributed by atoms with Gasteiger partial charge in [0.1, 0.15) is 0 Å². The SMILES string of the molecule is NC(=O)c1cccc2c1c1[c]cccc1n2Cc1ccsc1. The molecule has 0 unspecified atom stereocenters. The van der Waals surface area contributed by atoms with E-state index in [2.05, 4.69) is 33.5 Å². The highest BCUT2D eigenvalue weighted by Crippen LogP contribution is 2.32. The van der Waals surface area contributed by atoms with Crippen LogP contribution in [0.4, 0.5) is 0 Å². The smallest absolute Gasteiger partial charge is 0.249 e. The predicted octanol–water partition coefficient (Wildman–Crippen LogP) is 3.80. The number of aromatic nitrogens is 1. The van der Waals surface area contributed by atoms with Crippen molar-refractivity contribution in [3.63, 3.8) is 0 Å². The Labute approximate surface area is 131 Å². The lowest BCUT2D eigenvalue weighted by molar-refractivity contribution is 0.100. The fourth-order valence-corrected chi connectivity index (χ4v) is 3.61. The summed E-state index contributed by atoms with van der Waals surface area (Å²) in [5.41, 5.74) is 9.43. The summed E-state index contributed by atoms with van der Waals surface area (Å²) in [6.45, 7) is 0.767. The first kappa shape index (κ1) is 13.1. The second-order valence-corrected chi connectivity index (χ2v) is 5.99. The molecule has 4 aromatic rings. The lowest BCUT2D eigenvalue weighted by Gasteiger charge is -2.06. The topological polar surface area (TPSA) is 48.0 Å². The second-order valence-electron chi connectivity index (χ2n) is 5.21. The Morgan fingerprint density at radius 1 is 1.18 bits per heavy atom. The molecule has 0 aliphatic carbocycles. The largest absolute Gasteiger partial charge is 0.366 e. The van der Waals surface area contributed by atoms with Gasteiger partial charge in [0.05, 0.1) is 11.0 Å². The zero-order valence-corrected chi connectivity index (χ0v) is 12.6. The molecular weight excluding hydrogens is 292 g/mol. The molecule has 107 valence electrons. The Morgan fingerprint density at radius 3 is 2.82 bits per heavy atom. The lowest BCUT2D eigenvalue weighted by atomic mass is 10.1. The van der Waals surface area contributed by atoms with Crippen molar-refractivity contribution in [1.82, 2.24) is 4.57 Å². The van der Waals surface area contributed by atoms with E-state index in [1.807, 2.05) is 24.3 Å². The van der Waals surface area contributed by atoms with Gasteiger partial charge in [-0.25, -0.2) is 0 Å². The zero-order chi connectivity index (χ0) is 15.1. The van der Waals surface area contributed by atoms with Crippen molar-refractivity contribution in [2.45, 2.75) is 6.54 Å². The number of rotatable bonds is 3. The Balaban J connectivity index is 2.09. The molecule has 4 heteroatoms. The van der Waals surface area contributed by atoms with E-state index in [4.69, 9.17) is 5.73 Å². The second kappa shape index (κ2) is 5.00. The molecule has 1 radical (unpaired) electrons. The Bertz CT molecular complexity index is 983. The van der Waals surface area contributed by atoms with Crippen molar-refractivity contribution in [3.05, 3.63) is 70.4 Å². The van der Waals surface area contributed by atoms with Crippen LogP contribution in [0.5, 0.6) is 0 Å². The number of nitrogens with zero attached hydrogens (tertiary/aromatic N) is 1. The molecule has 0 spiro atoms. The summed E-state index contributed by atoms with van der Waals surface area (Å²) in [6, 6.07) is 17.0. The van der Waals surface area contributed by atoms with Gasteiger partial charge in [-0.15, -0.1) is 0 Å². The number of carbonyl (C=O) groups is 1. The van der Waals surface area contributed by atoms with Crippen molar-refractivity contribution >= 4 is 39.0 Å². The highest BCUT2D eigenvalue weighted by atomic mass is 32.1. The van der Waals surface area contributed by atoms with Gasteiger partial charge in [0.2, 0.25) is 5.91 Å². The maximum Gasteiger partial charge on any atom is 0.249 e. The molecule has 2 aromatic heterocycles. The number of benzene rings is 2. The highest BCUT2D eigenvalue weighted by Gasteiger charge is 2.16. The molecule has 0 saturated heterocycles. The van der Waals surface area contributed by atoms with Crippen molar-refractivity contribution in [3.8, 4) is 0 Å². The summed E-state index contributed by atoms with van der Waals surface area (Å²) >= 11 is 1.69. The third kappa shape index (κ3) is 1.92. The number of primary amides is 1. The quantitative estimate of drug-likeness (QED) is 0.615. The summed E-state index contributed by atoms with van der Waals surface area (Å²) in [4.78, 5) is 11.8. The highest BCUT2D eigenvalue weighted by molar-refractivity contribution is 7.07. The summed E-state index contributed by atoms with van der Waals surface area (Å²) in [5.74, 6) is -0.405. The summed E-state index contributed by atoms with van der Waals surface area (Å²) < 4.78 is 2.22. The van der Waals surface area contributed by atoms with Crippen LogP contribution in [0.1, 0.15) is 15.9 Å². The van der Waals surface area contributed by atoms with Crippen LogP contribution in [0, 0.1) is 6.07 Å². The van der Waals surface area contributed by atoms with E-state index in [9.17, 15) is 4.79 Å². The average molecular weight is 305 g/mol. The lowest BCUT2D eigenvalue weighted by Crippen LogP contribution is -2.11. The van der Waals surface area contributed by atoms with Gasteiger partial charge in [-0.2, -0.15) is 11.3 Å². The van der Waals surface area contributed by atoms with E-state index in [1.54, 1.807) is 17.4 Å². The molecule has 22 heavy (non-hydrogen) atoms. The Kier molecular flexibility index (Phi) is 2.98. The first-order valence-electron chi connectivity index (χ1n) is 6.98. The van der Waals surface area contributed by atoms with Gasteiger partial charge in [0.25, 0.3) is 0 Å². The fourth-order valence-electron chi connectivity index (χ4n) is 2.95. The van der Waals surface area contributed by atoms with Crippen LogP contribution in [0.3, 0.4) is 0 Å².